The summed E-state index contributed by atoms with van der Waals surface area (Å²) in [6, 6.07) is 24.5. The summed E-state index contributed by atoms with van der Waals surface area (Å²) in [5.41, 5.74) is 9.65. The van der Waals surface area contributed by atoms with E-state index >= 15 is 0 Å². The molecule has 0 spiro atoms. The van der Waals surface area contributed by atoms with Gasteiger partial charge in [0.2, 0.25) is 0 Å². The first kappa shape index (κ1) is 19.9. The molecule has 0 radical (unpaired) electrons. The van der Waals surface area contributed by atoms with Crippen molar-refractivity contribution in [3.63, 3.8) is 0 Å². The summed E-state index contributed by atoms with van der Waals surface area (Å²) < 4.78 is 0. The van der Waals surface area contributed by atoms with Gasteiger partial charge in [0.05, 0.1) is 6.04 Å². The maximum atomic E-state index is 12.3. The van der Waals surface area contributed by atoms with Gasteiger partial charge in [0.25, 0.3) is 5.91 Å². The summed E-state index contributed by atoms with van der Waals surface area (Å²) in [7, 11) is 0. The van der Waals surface area contributed by atoms with Crippen molar-refractivity contribution in [2.45, 2.75) is 6.04 Å². The minimum atomic E-state index is -0.584. The molecule has 1 unspecified atom stereocenters. The van der Waals surface area contributed by atoms with Crippen LogP contribution >= 0.6 is 0 Å². The second-order valence-electron chi connectivity index (χ2n) is 7.05. The fraction of sp³-hybridized carbons (Fsp3) is 0.0417. The predicted molar refractivity (Wildman–Crippen MR) is 122 cm³/mol. The Bertz CT molecular complexity index is 1170. The number of urea groups is 1. The summed E-state index contributed by atoms with van der Waals surface area (Å²) in [5.74, 6) is -0.487. The van der Waals surface area contributed by atoms with Gasteiger partial charge in [-0.3, -0.25) is 10.2 Å². The highest BCUT2D eigenvalue weighted by atomic mass is 16.2. The number of para-hydroxylation sites is 1. The number of rotatable bonds is 4. The molecule has 0 saturated carbocycles. The molecule has 7 heteroatoms. The van der Waals surface area contributed by atoms with E-state index in [1.807, 2.05) is 54.6 Å². The topological polar surface area (TPSA) is 120 Å². The van der Waals surface area contributed by atoms with Crippen molar-refractivity contribution in [1.82, 2.24) is 5.32 Å². The van der Waals surface area contributed by atoms with Crippen LogP contribution in [-0.4, -0.2) is 17.6 Å². The Morgan fingerprint density at radius 2 is 1.48 bits per heavy atom. The van der Waals surface area contributed by atoms with Gasteiger partial charge in [-0.2, -0.15) is 0 Å². The van der Waals surface area contributed by atoms with Crippen molar-refractivity contribution in [2.24, 2.45) is 5.73 Å². The highest BCUT2D eigenvalue weighted by Crippen LogP contribution is 2.33. The first-order valence-corrected chi connectivity index (χ1v) is 9.71. The number of hydrogen-bond acceptors (Lipinski definition) is 4. The standard InChI is InChI=1S/C24H21N5O2/c25-20(15-8-3-1-4-9-15)19-21(26)23(30)29-22(19)16-10-7-13-18(14-16)28-24(31)27-17-11-5-2-6-12-17/h1-14,22,26H,25H2,(H,29,30)(H2,27,28,31). The van der Waals surface area contributed by atoms with Gasteiger partial charge in [-0.05, 0) is 35.4 Å². The molecule has 0 aromatic heterocycles. The number of anilines is 2. The highest BCUT2D eigenvalue weighted by molar-refractivity contribution is 6.48. The van der Waals surface area contributed by atoms with Gasteiger partial charge >= 0.3 is 6.03 Å². The van der Waals surface area contributed by atoms with E-state index in [1.165, 1.54) is 0 Å². The smallest absolute Gasteiger partial charge is 0.323 e. The molecule has 1 aliphatic rings. The third-order valence-corrected chi connectivity index (χ3v) is 4.94. The lowest BCUT2D eigenvalue weighted by atomic mass is 9.94. The molecule has 0 bridgehead atoms. The van der Waals surface area contributed by atoms with Gasteiger partial charge in [0, 0.05) is 22.6 Å². The molecule has 1 atom stereocenters. The monoisotopic (exact) mass is 411 g/mol. The fourth-order valence-electron chi connectivity index (χ4n) is 3.47. The Balaban J connectivity index is 1.61. The lowest BCUT2D eigenvalue weighted by Crippen LogP contribution is -2.22. The minimum Gasteiger partial charge on any atom is -0.398 e. The van der Waals surface area contributed by atoms with Gasteiger partial charge in [-0.1, -0.05) is 60.7 Å². The van der Waals surface area contributed by atoms with Gasteiger partial charge in [-0.25, -0.2) is 4.79 Å². The van der Waals surface area contributed by atoms with Crippen molar-refractivity contribution in [3.05, 3.63) is 102 Å². The molecule has 1 saturated heterocycles. The van der Waals surface area contributed by atoms with Crippen LogP contribution in [0.3, 0.4) is 0 Å². The second-order valence-corrected chi connectivity index (χ2v) is 7.05. The van der Waals surface area contributed by atoms with Gasteiger partial charge in [0.1, 0.15) is 5.71 Å². The number of amides is 3. The predicted octanol–water partition coefficient (Wildman–Crippen LogP) is 3.89. The van der Waals surface area contributed by atoms with E-state index in [0.29, 0.717) is 28.2 Å². The van der Waals surface area contributed by atoms with Crippen LogP contribution in [0.5, 0.6) is 0 Å². The Morgan fingerprint density at radius 1 is 0.871 bits per heavy atom. The number of nitrogens with one attached hydrogen (secondary N) is 4. The molecule has 31 heavy (non-hydrogen) atoms. The molecular weight excluding hydrogens is 390 g/mol. The molecule has 1 aliphatic heterocycles. The number of nitrogens with two attached hydrogens (primary N) is 1. The lowest BCUT2D eigenvalue weighted by Gasteiger charge is -2.16. The third-order valence-electron chi connectivity index (χ3n) is 4.94. The third kappa shape index (κ3) is 4.30. The van der Waals surface area contributed by atoms with E-state index in [4.69, 9.17) is 11.1 Å². The van der Waals surface area contributed by atoms with Crippen LogP contribution < -0.4 is 21.7 Å². The van der Waals surface area contributed by atoms with Crippen molar-refractivity contribution in [2.75, 3.05) is 10.6 Å². The zero-order valence-corrected chi connectivity index (χ0v) is 16.6. The van der Waals surface area contributed by atoms with Crippen molar-refractivity contribution >= 4 is 34.7 Å². The zero-order valence-electron chi connectivity index (χ0n) is 16.6. The molecule has 154 valence electrons. The molecule has 3 amide bonds. The summed E-state index contributed by atoms with van der Waals surface area (Å²) in [6.07, 6.45) is 0. The van der Waals surface area contributed by atoms with E-state index in [1.54, 1.807) is 30.3 Å². The van der Waals surface area contributed by atoms with Gasteiger partial charge in [-0.15, -0.1) is 0 Å². The molecule has 6 N–H and O–H groups in total. The molecule has 0 aliphatic carbocycles. The highest BCUT2D eigenvalue weighted by Gasteiger charge is 2.35. The van der Waals surface area contributed by atoms with Crippen LogP contribution in [0.15, 0.2) is 90.5 Å². The Labute approximate surface area is 179 Å². The molecule has 7 nitrogen and oxygen atoms in total. The lowest BCUT2D eigenvalue weighted by molar-refractivity contribution is -0.114. The maximum absolute atomic E-state index is 12.3. The van der Waals surface area contributed by atoms with E-state index in [2.05, 4.69) is 16.0 Å². The average Bonchev–Trinajstić information content (AvgIpc) is 3.09. The minimum absolute atomic E-state index is 0.161. The van der Waals surface area contributed by atoms with Crippen molar-refractivity contribution < 1.29 is 9.59 Å². The quantitative estimate of drug-likeness (QED) is 0.448. The summed E-state index contributed by atoms with van der Waals surface area (Å²) >= 11 is 0. The van der Waals surface area contributed by atoms with Gasteiger partial charge in [0.15, 0.2) is 0 Å². The summed E-state index contributed by atoms with van der Waals surface area (Å²) in [5, 5.41) is 16.6. The van der Waals surface area contributed by atoms with Crippen LogP contribution in [0.4, 0.5) is 16.2 Å². The van der Waals surface area contributed by atoms with Crippen LogP contribution in [0.1, 0.15) is 17.2 Å². The number of carbonyl (C=O) groups excluding carboxylic acids is 2. The van der Waals surface area contributed by atoms with E-state index in [0.717, 1.165) is 5.56 Å². The Hall–Kier alpha value is -4.39. The molecule has 1 heterocycles. The number of hydrogen-bond donors (Lipinski definition) is 5. The molecule has 1 fully saturated rings. The van der Waals surface area contributed by atoms with Gasteiger partial charge < -0.3 is 21.7 Å². The van der Waals surface area contributed by atoms with Crippen molar-refractivity contribution in [3.8, 4) is 0 Å². The molecule has 4 rings (SSSR count). The maximum Gasteiger partial charge on any atom is 0.323 e. The van der Waals surface area contributed by atoms with E-state index in [-0.39, 0.29) is 11.7 Å². The summed E-state index contributed by atoms with van der Waals surface area (Å²) in [6.45, 7) is 0. The second kappa shape index (κ2) is 8.54. The molecular formula is C24H21N5O2. The first-order valence-electron chi connectivity index (χ1n) is 9.71. The van der Waals surface area contributed by atoms with Crippen LogP contribution in [0, 0.1) is 5.41 Å². The number of benzene rings is 3. The van der Waals surface area contributed by atoms with Crippen LogP contribution in [0.25, 0.3) is 5.70 Å². The number of carbonyl (C=O) groups is 2. The van der Waals surface area contributed by atoms with Crippen molar-refractivity contribution in [1.29, 1.82) is 5.41 Å². The largest absolute Gasteiger partial charge is 0.398 e. The molecule has 3 aromatic carbocycles. The normalized spacial score (nSPS) is 17.1. The molecule has 3 aromatic rings. The van der Waals surface area contributed by atoms with Crippen LogP contribution in [0.2, 0.25) is 0 Å². The fourth-order valence-corrected chi connectivity index (χ4v) is 3.47. The average molecular weight is 411 g/mol. The van der Waals surface area contributed by atoms with Crippen LogP contribution in [-0.2, 0) is 4.79 Å². The Kier molecular flexibility index (Phi) is 5.49. The zero-order chi connectivity index (χ0) is 21.8. The first-order chi connectivity index (χ1) is 15.0. The van der Waals surface area contributed by atoms with E-state index < -0.39 is 11.9 Å². The SMILES string of the molecule is N=C1C(=O)NC(c2cccc(NC(=O)Nc3ccccc3)c2)C1=C(N)c1ccccc1. The Morgan fingerprint density at radius 3 is 2.19 bits per heavy atom. The summed E-state index contributed by atoms with van der Waals surface area (Å²) in [4.78, 5) is 24.6. The van der Waals surface area contributed by atoms with E-state index in [9.17, 15) is 9.59 Å².